The topological polar surface area (TPSA) is 53.4 Å². The molecule has 1 aliphatic heterocycles. The van der Waals surface area contributed by atoms with Gasteiger partial charge in [-0.05, 0) is 33.2 Å². The number of aliphatic carboxylic acids is 1. The zero-order valence-corrected chi connectivity index (χ0v) is 14.3. The van der Waals surface area contributed by atoms with Crippen LogP contribution in [0.2, 0.25) is 0 Å². The van der Waals surface area contributed by atoms with Crippen LogP contribution in [-0.2, 0) is 11.3 Å². The zero-order chi connectivity index (χ0) is 16.4. The van der Waals surface area contributed by atoms with Crippen molar-refractivity contribution in [1.82, 2.24) is 9.88 Å². The molecule has 0 unspecified atom stereocenters. The van der Waals surface area contributed by atoms with Crippen molar-refractivity contribution in [3.63, 3.8) is 0 Å². The number of hydrogen-bond donors (Lipinski definition) is 1. The molecule has 1 aromatic heterocycles. The molecule has 1 fully saturated rings. The van der Waals surface area contributed by atoms with Crippen LogP contribution in [0.15, 0.2) is 30.5 Å². The Labute approximate surface area is 140 Å². The zero-order valence-electron chi connectivity index (χ0n) is 13.5. The largest absolute Gasteiger partial charge is 0.481 e. The third-order valence-corrected chi connectivity index (χ3v) is 5.68. The number of rotatable bonds is 4. The Morgan fingerprint density at radius 2 is 2.13 bits per heavy atom. The summed E-state index contributed by atoms with van der Waals surface area (Å²) < 4.78 is 0. The summed E-state index contributed by atoms with van der Waals surface area (Å²) in [6.07, 6.45) is 3.66. The summed E-state index contributed by atoms with van der Waals surface area (Å²) >= 11 is 1.70. The fourth-order valence-electron chi connectivity index (χ4n) is 3.18. The Kier molecular flexibility index (Phi) is 4.78. The second-order valence-corrected chi connectivity index (χ2v) is 7.41. The normalized spacial score (nSPS) is 22.2. The van der Waals surface area contributed by atoms with Gasteiger partial charge in [0.25, 0.3) is 0 Å². The van der Waals surface area contributed by atoms with E-state index in [1.807, 2.05) is 13.1 Å². The van der Waals surface area contributed by atoms with Crippen LogP contribution in [-0.4, -0.2) is 33.5 Å². The lowest BCUT2D eigenvalue weighted by Gasteiger charge is -2.37. The Balaban J connectivity index is 1.71. The van der Waals surface area contributed by atoms with E-state index in [-0.39, 0.29) is 12.0 Å². The van der Waals surface area contributed by atoms with Gasteiger partial charge in [-0.1, -0.05) is 29.8 Å². The number of likely N-dealkylation sites (tertiary alicyclic amines) is 1. The number of hydrogen-bond acceptors (Lipinski definition) is 4. The molecule has 0 bridgehead atoms. The van der Waals surface area contributed by atoms with Crippen molar-refractivity contribution in [2.24, 2.45) is 5.92 Å². The number of benzene rings is 1. The molecule has 1 saturated heterocycles. The van der Waals surface area contributed by atoms with Gasteiger partial charge in [0.05, 0.1) is 5.92 Å². The highest BCUT2D eigenvalue weighted by Crippen LogP contribution is 2.29. The molecule has 0 amide bonds. The van der Waals surface area contributed by atoms with Crippen molar-refractivity contribution in [1.29, 1.82) is 0 Å². The minimum Gasteiger partial charge on any atom is -0.481 e. The first-order valence-electron chi connectivity index (χ1n) is 8.03. The second kappa shape index (κ2) is 6.81. The van der Waals surface area contributed by atoms with Crippen LogP contribution in [0.25, 0.3) is 10.6 Å². The maximum Gasteiger partial charge on any atom is 0.308 e. The van der Waals surface area contributed by atoms with E-state index in [0.717, 1.165) is 36.5 Å². The van der Waals surface area contributed by atoms with E-state index in [1.54, 1.807) is 11.3 Å². The highest BCUT2D eigenvalue weighted by Gasteiger charge is 2.32. The summed E-state index contributed by atoms with van der Waals surface area (Å²) in [5, 5.41) is 10.4. The van der Waals surface area contributed by atoms with E-state index in [9.17, 15) is 9.90 Å². The average molecular weight is 330 g/mol. The van der Waals surface area contributed by atoms with Gasteiger partial charge in [-0.25, -0.2) is 4.98 Å². The predicted molar refractivity (Wildman–Crippen MR) is 92.5 cm³/mol. The molecule has 4 nitrogen and oxygen atoms in total. The molecule has 3 rings (SSSR count). The summed E-state index contributed by atoms with van der Waals surface area (Å²) in [4.78, 5) is 19.3. The number of aryl methyl sites for hydroxylation is 1. The Hall–Kier alpha value is -1.72. The van der Waals surface area contributed by atoms with Crippen molar-refractivity contribution in [3.8, 4) is 10.6 Å². The molecule has 0 aliphatic carbocycles. The van der Waals surface area contributed by atoms with E-state index in [2.05, 4.69) is 41.1 Å². The smallest absolute Gasteiger partial charge is 0.308 e. The van der Waals surface area contributed by atoms with Crippen molar-refractivity contribution >= 4 is 17.3 Å². The third kappa shape index (κ3) is 3.62. The Morgan fingerprint density at radius 1 is 1.39 bits per heavy atom. The van der Waals surface area contributed by atoms with E-state index in [0.29, 0.717) is 0 Å². The third-order valence-electron chi connectivity index (χ3n) is 4.65. The summed E-state index contributed by atoms with van der Waals surface area (Å²) in [6, 6.07) is 8.47. The molecule has 2 atom stereocenters. The number of nitrogens with zero attached hydrogens (tertiary/aromatic N) is 2. The van der Waals surface area contributed by atoms with E-state index >= 15 is 0 Å². The summed E-state index contributed by atoms with van der Waals surface area (Å²) in [5.74, 6) is -0.930. The molecular weight excluding hydrogens is 308 g/mol. The summed E-state index contributed by atoms with van der Waals surface area (Å²) in [5.41, 5.74) is 2.38. The maximum atomic E-state index is 11.3. The molecule has 5 heteroatoms. The Bertz CT molecular complexity index is 681. The van der Waals surface area contributed by atoms with Crippen LogP contribution in [0, 0.1) is 12.8 Å². The number of carboxylic acid groups (broad SMARTS) is 1. The first kappa shape index (κ1) is 16.1. The first-order chi connectivity index (χ1) is 11.0. The number of piperidine rings is 1. The van der Waals surface area contributed by atoms with E-state index in [4.69, 9.17) is 0 Å². The summed E-state index contributed by atoms with van der Waals surface area (Å²) in [6.45, 7) is 5.85. The van der Waals surface area contributed by atoms with E-state index in [1.165, 1.54) is 10.4 Å². The van der Waals surface area contributed by atoms with Gasteiger partial charge < -0.3 is 5.11 Å². The summed E-state index contributed by atoms with van der Waals surface area (Å²) in [7, 11) is 0. The Morgan fingerprint density at radius 3 is 2.83 bits per heavy atom. The van der Waals surface area contributed by atoms with Crippen LogP contribution in [0.5, 0.6) is 0 Å². The van der Waals surface area contributed by atoms with Gasteiger partial charge in [0, 0.05) is 29.2 Å². The quantitative estimate of drug-likeness (QED) is 0.926. The lowest BCUT2D eigenvalue weighted by molar-refractivity contribution is -0.145. The van der Waals surface area contributed by atoms with Crippen molar-refractivity contribution in [3.05, 3.63) is 40.9 Å². The number of carbonyl (C=O) groups is 1. The minimum absolute atomic E-state index is 0.0752. The van der Waals surface area contributed by atoms with Gasteiger partial charge in [0.15, 0.2) is 0 Å². The molecule has 2 aromatic rings. The average Bonchev–Trinajstić information content (AvgIpc) is 2.98. The number of aromatic nitrogens is 1. The SMILES string of the molecule is Cc1ccc(-c2ncc(CN3CCC[C@@H](C(=O)O)[C@H]3C)s2)cc1. The van der Waals surface area contributed by atoms with Crippen LogP contribution in [0.1, 0.15) is 30.2 Å². The molecule has 2 heterocycles. The van der Waals surface area contributed by atoms with Gasteiger partial charge in [-0.15, -0.1) is 11.3 Å². The van der Waals surface area contributed by atoms with Crippen molar-refractivity contribution in [2.75, 3.05) is 6.54 Å². The molecule has 0 radical (unpaired) electrons. The first-order valence-corrected chi connectivity index (χ1v) is 8.85. The van der Waals surface area contributed by atoms with Gasteiger partial charge >= 0.3 is 5.97 Å². The van der Waals surface area contributed by atoms with Crippen LogP contribution < -0.4 is 0 Å². The van der Waals surface area contributed by atoms with Crippen molar-refractivity contribution in [2.45, 2.75) is 39.3 Å². The highest BCUT2D eigenvalue weighted by molar-refractivity contribution is 7.15. The lowest BCUT2D eigenvalue weighted by atomic mass is 9.90. The second-order valence-electron chi connectivity index (χ2n) is 6.30. The minimum atomic E-state index is -0.674. The molecule has 1 N–H and O–H groups in total. The standard InChI is InChI=1S/C18H22N2O2S/c1-12-5-7-14(8-6-12)17-19-10-15(23-17)11-20-9-3-4-16(13(20)2)18(21)22/h5-8,10,13,16H,3-4,9,11H2,1-2H3,(H,21,22)/t13-,16-/m1/s1. The number of thiazole rings is 1. The maximum absolute atomic E-state index is 11.3. The fraction of sp³-hybridized carbons (Fsp3) is 0.444. The molecule has 0 spiro atoms. The van der Waals surface area contributed by atoms with Crippen LogP contribution in [0.3, 0.4) is 0 Å². The van der Waals surface area contributed by atoms with Crippen LogP contribution in [0.4, 0.5) is 0 Å². The highest BCUT2D eigenvalue weighted by atomic mass is 32.1. The molecule has 0 saturated carbocycles. The van der Waals surface area contributed by atoms with Crippen molar-refractivity contribution < 1.29 is 9.90 Å². The van der Waals surface area contributed by atoms with Gasteiger partial charge in [-0.3, -0.25) is 9.69 Å². The number of carboxylic acids is 1. The fourth-order valence-corrected chi connectivity index (χ4v) is 4.12. The molecule has 23 heavy (non-hydrogen) atoms. The van der Waals surface area contributed by atoms with Crippen LogP contribution >= 0.6 is 11.3 Å². The monoisotopic (exact) mass is 330 g/mol. The molecule has 1 aliphatic rings. The van der Waals surface area contributed by atoms with Gasteiger partial charge in [-0.2, -0.15) is 0 Å². The lowest BCUT2D eigenvalue weighted by Crippen LogP contribution is -2.45. The van der Waals surface area contributed by atoms with E-state index < -0.39 is 5.97 Å². The predicted octanol–water partition coefficient (Wildman–Crippen LogP) is 3.80. The molecular formula is C18H22N2O2S. The molecule has 122 valence electrons. The van der Waals surface area contributed by atoms with Gasteiger partial charge in [0.1, 0.15) is 5.01 Å². The van der Waals surface area contributed by atoms with Gasteiger partial charge in [0.2, 0.25) is 0 Å². The molecule has 1 aromatic carbocycles.